The van der Waals surface area contributed by atoms with Crippen LogP contribution in [0.15, 0.2) is 29.2 Å². The summed E-state index contributed by atoms with van der Waals surface area (Å²) in [5.41, 5.74) is 0. The number of thioether (sulfide) groups is 1. The molecule has 1 fully saturated rings. The molecule has 2 rings (SSSR count). The van der Waals surface area contributed by atoms with Gasteiger partial charge in [0.25, 0.3) is 0 Å². The maximum Gasteiger partial charge on any atom is 0.405 e. The number of amides is 1. The van der Waals surface area contributed by atoms with Crippen LogP contribution in [0.5, 0.6) is 5.75 Å². The quantitative estimate of drug-likeness (QED) is 0.637. The van der Waals surface area contributed by atoms with Crippen molar-refractivity contribution in [1.82, 2.24) is 15.5 Å². The minimum absolute atomic E-state index is 0. The normalized spacial score (nSPS) is 16.8. The van der Waals surface area contributed by atoms with E-state index in [1.54, 1.807) is 12.1 Å². The Morgan fingerprint density at radius 2 is 1.88 bits per heavy atom. The van der Waals surface area contributed by atoms with Gasteiger partial charge in [-0.2, -0.15) is 13.2 Å². The molecule has 1 amide bonds. The van der Waals surface area contributed by atoms with Gasteiger partial charge in [-0.25, -0.2) is 0 Å². The Labute approximate surface area is 154 Å². The number of halogens is 4. The molecule has 1 unspecified atom stereocenters. The van der Waals surface area contributed by atoms with Gasteiger partial charge >= 0.3 is 6.18 Å². The van der Waals surface area contributed by atoms with Gasteiger partial charge in [-0.15, -0.1) is 24.2 Å². The van der Waals surface area contributed by atoms with Crippen LogP contribution in [0.3, 0.4) is 0 Å². The highest BCUT2D eigenvalue weighted by atomic mass is 35.5. The summed E-state index contributed by atoms with van der Waals surface area (Å²) >= 11 is 1.20. The third-order valence-electron chi connectivity index (χ3n) is 3.67. The molecule has 1 heterocycles. The molecule has 0 spiro atoms. The smallest absolute Gasteiger partial charge is 0.405 e. The first-order chi connectivity index (χ1) is 11.4. The minimum atomic E-state index is -4.38. The van der Waals surface area contributed by atoms with Crippen LogP contribution in [0.1, 0.15) is 0 Å². The van der Waals surface area contributed by atoms with E-state index < -0.39 is 24.7 Å². The van der Waals surface area contributed by atoms with E-state index in [2.05, 4.69) is 10.6 Å². The molecule has 0 aliphatic carbocycles. The molecule has 1 aromatic carbocycles. The maximum atomic E-state index is 13.2. The fourth-order valence-electron chi connectivity index (χ4n) is 2.40. The highest BCUT2D eigenvalue weighted by Gasteiger charge is 2.43. The summed E-state index contributed by atoms with van der Waals surface area (Å²) in [4.78, 5) is 13.9. The molecular formula is C15H21ClF3N3O2S. The topological polar surface area (TPSA) is 64.6 Å². The zero-order valence-electron chi connectivity index (χ0n) is 13.4. The van der Waals surface area contributed by atoms with Crippen molar-refractivity contribution in [3.63, 3.8) is 0 Å². The summed E-state index contributed by atoms with van der Waals surface area (Å²) in [5, 5.41) is 14.6. The largest absolute Gasteiger partial charge is 0.508 e. The number of nitrogens with one attached hydrogen (secondary N) is 2. The number of alkyl halides is 3. The summed E-state index contributed by atoms with van der Waals surface area (Å²) < 4.78 is 39.6. The second-order valence-corrected chi connectivity index (χ2v) is 6.48. The molecule has 10 heteroatoms. The monoisotopic (exact) mass is 399 g/mol. The van der Waals surface area contributed by atoms with E-state index in [1.165, 1.54) is 28.8 Å². The van der Waals surface area contributed by atoms with Crippen molar-refractivity contribution in [2.24, 2.45) is 0 Å². The summed E-state index contributed by atoms with van der Waals surface area (Å²) in [6.07, 6.45) is -4.38. The zero-order valence-corrected chi connectivity index (χ0v) is 15.0. The fourth-order valence-corrected chi connectivity index (χ4v) is 3.13. The Morgan fingerprint density at radius 3 is 2.44 bits per heavy atom. The Bertz CT molecular complexity index is 540. The number of carbonyl (C=O) groups excluding carboxylic acids is 1. The molecular weight excluding hydrogens is 379 g/mol. The van der Waals surface area contributed by atoms with Gasteiger partial charge in [-0.1, -0.05) is 0 Å². The Hall–Kier alpha value is -1.16. The molecule has 0 saturated carbocycles. The van der Waals surface area contributed by atoms with E-state index in [0.717, 1.165) is 4.90 Å². The zero-order chi connectivity index (χ0) is 17.6. The van der Waals surface area contributed by atoms with Crippen molar-refractivity contribution < 1.29 is 23.1 Å². The van der Waals surface area contributed by atoms with Gasteiger partial charge in [-0.05, 0) is 24.3 Å². The first-order valence-corrected chi connectivity index (χ1v) is 8.55. The third kappa shape index (κ3) is 7.31. The van der Waals surface area contributed by atoms with Crippen LogP contribution >= 0.6 is 24.2 Å². The van der Waals surface area contributed by atoms with Gasteiger partial charge in [0.15, 0.2) is 0 Å². The Morgan fingerprint density at radius 1 is 1.28 bits per heavy atom. The number of piperazine rings is 1. The number of aromatic hydroxyl groups is 1. The molecule has 5 nitrogen and oxygen atoms in total. The van der Waals surface area contributed by atoms with E-state index in [9.17, 15) is 23.1 Å². The highest BCUT2D eigenvalue weighted by molar-refractivity contribution is 8.00. The number of hydrogen-bond donors (Lipinski definition) is 3. The second-order valence-electron chi connectivity index (χ2n) is 5.43. The summed E-state index contributed by atoms with van der Waals surface area (Å²) in [5.74, 6) is -0.304. The van der Waals surface area contributed by atoms with Gasteiger partial charge in [0, 0.05) is 37.6 Å². The predicted octanol–water partition coefficient (Wildman–Crippen LogP) is 1.86. The molecule has 1 aromatic rings. The average molecular weight is 400 g/mol. The molecule has 142 valence electrons. The number of hydrogen-bond acceptors (Lipinski definition) is 5. The van der Waals surface area contributed by atoms with Crippen LogP contribution in [0.2, 0.25) is 0 Å². The Kier molecular flexibility index (Phi) is 8.84. The van der Waals surface area contributed by atoms with Crippen molar-refractivity contribution in [2.45, 2.75) is 17.1 Å². The van der Waals surface area contributed by atoms with Crippen LogP contribution in [-0.2, 0) is 4.79 Å². The highest BCUT2D eigenvalue weighted by Crippen LogP contribution is 2.25. The van der Waals surface area contributed by atoms with Crippen LogP contribution < -0.4 is 10.6 Å². The van der Waals surface area contributed by atoms with Gasteiger partial charge in [-0.3, -0.25) is 9.69 Å². The summed E-state index contributed by atoms with van der Waals surface area (Å²) in [6, 6.07) is 4.61. The van der Waals surface area contributed by atoms with Crippen molar-refractivity contribution in [1.29, 1.82) is 0 Å². The lowest BCUT2D eigenvalue weighted by Crippen LogP contribution is -2.57. The second kappa shape index (κ2) is 10.1. The van der Waals surface area contributed by atoms with Gasteiger partial charge < -0.3 is 15.7 Å². The standard InChI is InChI=1S/C15H20F3N3O2S.ClH/c16-15(17,18)13(21-7-5-19-6-8-21)9-20-14(23)10-24-12-3-1-11(22)2-4-12;/h1-4,13,19,22H,5-10H2,(H,20,23);1H. The number of rotatable bonds is 6. The number of nitrogens with zero attached hydrogens (tertiary/aromatic N) is 1. The Balaban J connectivity index is 0.00000312. The molecule has 1 aliphatic rings. The molecule has 0 aromatic heterocycles. The van der Waals surface area contributed by atoms with Crippen molar-refractivity contribution >= 4 is 30.1 Å². The van der Waals surface area contributed by atoms with E-state index in [4.69, 9.17) is 0 Å². The van der Waals surface area contributed by atoms with Gasteiger partial charge in [0.1, 0.15) is 11.8 Å². The number of benzene rings is 1. The number of phenols is 1. The van der Waals surface area contributed by atoms with Crippen molar-refractivity contribution in [2.75, 3.05) is 38.5 Å². The van der Waals surface area contributed by atoms with Crippen LogP contribution in [0.4, 0.5) is 13.2 Å². The lowest BCUT2D eigenvalue weighted by atomic mass is 10.2. The van der Waals surface area contributed by atoms with Gasteiger partial charge in [0.05, 0.1) is 5.75 Å². The molecule has 1 atom stereocenters. The average Bonchev–Trinajstić information content (AvgIpc) is 2.54. The third-order valence-corrected chi connectivity index (χ3v) is 4.68. The van der Waals surface area contributed by atoms with Crippen LogP contribution in [0, 0.1) is 0 Å². The van der Waals surface area contributed by atoms with E-state index in [0.29, 0.717) is 26.2 Å². The lowest BCUT2D eigenvalue weighted by Gasteiger charge is -2.35. The molecule has 0 bridgehead atoms. The first-order valence-electron chi connectivity index (χ1n) is 7.56. The molecule has 0 radical (unpaired) electrons. The predicted molar refractivity (Wildman–Crippen MR) is 93.4 cm³/mol. The number of carbonyl (C=O) groups is 1. The fraction of sp³-hybridized carbons (Fsp3) is 0.533. The first kappa shape index (κ1) is 21.9. The van der Waals surface area contributed by atoms with Crippen LogP contribution in [0.25, 0.3) is 0 Å². The van der Waals surface area contributed by atoms with Crippen molar-refractivity contribution in [3.05, 3.63) is 24.3 Å². The van der Waals surface area contributed by atoms with E-state index in [1.807, 2.05) is 0 Å². The molecule has 25 heavy (non-hydrogen) atoms. The summed E-state index contributed by atoms with van der Waals surface area (Å²) in [7, 11) is 0. The maximum absolute atomic E-state index is 13.2. The van der Waals surface area contributed by atoms with Gasteiger partial charge in [0.2, 0.25) is 5.91 Å². The SMILES string of the molecule is Cl.O=C(CSc1ccc(O)cc1)NCC(N1CCNCC1)C(F)(F)F. The molecule has 1 aliphatic heterocycles. The van der Waals surface area contributed by atoms with Crippen molar-refractivity contribution in [3.8, 4) is 5.75 Å². The van der Waals surface area contributed by atoms with Crippen LogP contribution in [-0.4, -0.2) is 66.6 Å². The molecule has 1 saturated heterocycles. The minimum Gasteiger partial charge on any atom is -0.508 e. The lowest BCUT2D eigenvalue weighted by molar-refractivity contribution is -0.183. The summed E-state index contributed by atoms with van der Waals surface area (Å²) in [6.45, 7) is 1.19. The number of phenolic OH excluding ortho intramolecular Hbond substituents is 1. The van der Waals surface area contributed by atoms with E-state index >= 15 is 0 Å². The van der Waals surface area contributed by atoms with E-state index in [-0.39, 0.29) is 23.9 Å². The molecule has 3 N–H and O–H groups in total.